The normalized spacial score (nSPS) is 18.6. The summed E-state index contributed by atoms with van der Waals surface area (Å²) in [6, 6.07) is 9.21. The minimum atomic E-state index is -0.444. The van der Waals surface area contributed by atoms with Gasteiger partial charge in [0.25, 0.3) is 0 Å². The molecule has 2 fully saturated rings. The van der Waals surface area contributed by atoms with E-state index >= 15 is 0 Å². The Labute approximate surface area is 206 Å². The fraction of sp³-hybridized carbons (Fsp3) is 0.500. The Kier molecular flexibility index (Phi) is 7.45. The molecular formula is C26H33N5O4. The Hall–Kier alpha value is -3.33. The van der Waals surface area contributed by atoms with Crippen molar-refractivity contribution in [2.24, 2.45) is 5.41 Å². The first-order chi connectivity index (χ1) is 16.7. The molecule has 2 aliphatic rings. The van der Waals surface area contributed by atoms with Gasteiger partial charge < -0.3 is 9.64 Å². The van der Waals surface area contributed by atoms with E-state index in [9.17, 15) is 14.4 Å². The van der Waals surface area contributed by atoms with E-state index in [1.807, 2.05) is 32.9 Å². The molecule has 0 saturated carbocycles. The number of aromatic nitrogens is 2. The summed E-state index contributed by atoms with van der Waals surface area (Å²) in [5.41, 5.74) is 2.21. The number of carbonyl (C=O) groups excluding carboxylic acids is 3. The zero-order chi connectivity index (χ0) is 25.0. The number of piperidine rings is 1. The highest BCUT2D eigenvalue weighted by atomic mass is 16.6. The molecule has 0 unspecified atom stereocenters. The largest absolute Gasteiger partial charge is 0.416 e. The highest BCUT2D eigenvalue weighted by Gasteiger charge is 2.38. The van der Waals surface area contributed by atoms with Gasteiger partial charge in [0, 0.05) is 56.5 Å². The van der Waals surface area contributed by atoms with Gasteiger partial charge in [-0.1, -0.05) is 19.9 Å². The molecule has 2 aromatic rings. The van der Waals surface area contributed by atoms with Crippen LogP contribution in [-0.4, -0.2) is 70.4 Å². The van der Waals surface area contributed by atoms with E-state index in [-0.39, 0.29) is 23.1 Å². The molecule has 3 amide bonds. The van der Waals surface area contributed by atoms with Gasteiger partial charge >= 0.3 is 6.09 Å². The smallest absolute Gasteiger partial charge is 0.391 e. The highest BCUT2D eigenvalue weighted by molar-refractivity contribution is 6.16. The average Bonchev–Trinajstić information content (AvgIpc) is 2.79. The molecule has 4 rings (SSSR count). The van der Waals surface area contributed by atoms with Crippen LogP contribution >= 0.6 is 0 Å². The lowest BCUT2D eigenvalue weighted by Crippen LogP contribution is -2.49. The lowest BCUT2D eigenvalue weighted by atomic mass is 9.81. The van der Waals surface area contributed by atoms with Gasteiger partial charge in [-0.3, -0.25) is 19.5 Å². The minimum absolute atomic E-state index is 0.143. The van der Waals surface area contributed by atoms with Crippen LogP contribution in [0.15, 0.2) is 36.5 Å². The number of piperazine rings is 1. The summed E-state index contributed by atoms with van der Waals surface area (Å²) in [5.74, 6) is -0.347. The summed E-state index contributed by atoms with van der Waals surface area (Å²) in [4.78, 5) is 51.4. The maximum Gasteiger partial charge on any atom is 0.416 e. The second-order valence-corrected chi connectivity index (χ2v) is 10.1. The van der Waals surface area contributed by atoms with Crippen LogP contribution in [0.3, 0.4) is 0 Å². The second kappa shape index (κ2) is 10.5. The standard InChI is InChI=1S/C26H33N5O4/c1-19-6-4-7-20(28-19)8-5-11-29-12-14-30(15-13-29)25(34)35-22-10-9-21(18-27-22)31-23(32)16-26(2,3)17-24(31)33/h4,6-7,9-10,18H,5,8,11-17H2,1-3H3. The molecule has 4 heterocycles. The Morgan fingerprint density at radius 2 is 1.74 bits per heavy atom. The molecule has 0 aliphatic carbocycles. The zero-order valence-corrected chi connectivity index (χ0v) is 20.7. The summed E-state index contributed by atoms with van der Waals surface area (Å²) in [7, 11) is 0. The molecule has 2 aliphatic heterocycles. The molecule has 0 bridgehead atoms. The number of nitrogens with zero attached hydrogens (tertiary/aromatic N) is 5. The maximum atomic E-state index is 12.6. The third-order valence-corrected chi connectivity index (χ3v) is 6.41. The summed E-state index contributed by atoms with van der Waals surface area (Å²) in [6.45, 7) is 9.54. The van der Waals surface area contributed by atoms with Gasteiger partial charge in [-0.25, -0.2) is 14.7 Å². The van der Waals surface area contributed by atoms with Crippen molar-refractivity contribution in [2.75, 3.05) is 37.6 Å². The molecule has 0 spiro atoms. The van der Waals surface area contributed by atoms with E-state index in [0.717, 1.165) is 48.8 Å². The molecule has 186 valence electrons. The van der Waals surface area contributed by atoms with Crippen molar-refractivity contribution in [1.29, 1.82) is 0 Å². The van der Waals surface area contributed by atoms with Crippen molar-refractivity contribution >= 4 is 23.6 Å². The summed E-state index contributed by atoms with van der Waals surface area (Å²) in [5, 5.41) is 0. The van der Waals surface area contributed by atoms with E-state index in [1.54, 1.807) is 11.0 Å². The minimum Gasteiger partial charge on any atom is -0.391 e. The number of anilines is 1. The molecule has 2 saturated heterocycles. The van der Waals surface area contributed by atoms with Crippen LogP contribution in [0.2, 0.25) is 0 Å². The van der Waals surface area contributed by atoms with E-state index in [1.165, 1.54) is 12.3 Å². The molecule has 2 aromatic heterocycles. The molecule has 0 N–H and O–H groups in total. The lowest BCUT2D eigenvalue weighted by molar-refractivity contribution is -0.132. The first-order valence-electron chi connectivity index (χ1n) is 12.1. The summed E-state index contributed by atoms with van der Waals surface area (Å²) in [6.07, 6.45) is 3.52. The van der Waals surface area contributed by atoms with Crippen LogP contribution in [0, 0.1) is 12.3 Å². The second-order valence-electron chi connectivity index (χ2n) is 10.1. The molecule has 0 aromatic carbocycles. The van der Waals surface area contributed by atoms with Crippen LogP contribution in [0.4, 0.5) is 10.5 Å². The quantitative estimate of drug-likeness (QED) is 0.587. The highest BCUT2D eigenvalue weighted by Crippen LogP contribution is 2.34. The average molecular weight is 480 g/mol. The third-order valence-electron chi connectivity index (χ3n) is 6.41. The van der Waals surface area contributed by atoms with Gasteiger partial charge in [-0.2, -0.15) is 0 Å². The molecule has 0 atom stereocenters. The number of hydrogen-bond donors (Lipinski definition) is 0. The van der Waals surface area contributed by atoms with Gasteiger partial charge in [-0.05, 0) is 49.9 Å². The number of imide groups is 1. The Bertz CT molecular complexity index is 1060. The SMILES string of the molecule is Cc1cccc(CCCN2CCN(C(=O)Oc3ccc(N4C(=O)CC(C)(C)CC4=O)cn3)CC2)n1. The van der Waals surface area contributed by atoms with Crippen molar-refractivity contribution in [3.63, 3.8) is 0 Å². The van der Waals surface area contributed by atoms with Crippen LogP contribution in [0.25, 0.3) is 0 Å². The maximum absolute atomic E-state index is 12.6. The topological polar surface area (TPSA) is 95.9 Å². The van der Waals surface area contributed by atoms with Crippen LogP contribution in [-0.2, 0) is 16.0 Å². The predicted octanol–water partition coefficient (Wildman–Crippen LogP) is 3.21. The monoisotopic (exact) mass is 479 g/mol. The van der Waals surface area contributed by atoms with Gasteiger partial charge in [0.15, 0.2) is 0 Å². The van der Waals surface area contributed by atoms with Crippen molar-refractivity contribution in [3.05, 3.63) is 47.9 Å². The Morgan fingerprint density at radius 3 is 2.37 bits per heavy atom. The molecule has 35 heavy (non-hydrogen) atoms. The number of amides is 3. The lowest BCUT2D eigenvalue weighted by Gasteiger charge is -2.34. The van der Waals surface area contributed by atoms with Crippen molar-refractivity contribution in [3.8, 4) is 5.88 Å². The van der Waals surface area contributed by atoms with Crippen molar-refractivity contribution in [2.45, 2.75) is 46.5 Å². The number of aryl methyl sites for hydroxylation is 2. The number of rotatable bonds is 6. The number of carbonyl (C=O) groups is 3. The predicted molar refractivity (Wildman–Crippen MR) is 131 cm³/mol. The van der Waals surface area contributed by atoms with Gasteiger partial charge in [-0.15, -0.1) is 0 Å². The van der Waals surface area contributed by atoms with Crippen LogP contribution in [0.5, 0.6) is 5.88 Å². The summed E-state index contributed by atoms with van der Waals surface area (Å²) < 4.78 is 5.43. The number of hydrogen-bond acceptors (Lipinski definition) is 7. The summed E-state index contributed by atoms with van der Waals surface area (Å²) >= 11 is 0. The first-order valence-corrected chi connectivity index (χ1v) is 12.1. The third kappa shape index (κ3) is 6.42. The van der Waals surface area contributed by atoms with E-state index in [2.05, 4.69) is 20.9 Å². The van der Waals surface area contributed by atoms with Gasteiger partial charge in [0.1, 0.15) is 0 Å². The van der Waals surface area contributed by atoms with Crippen molar-refractivity contribution < 1.29 is 19.1 Å². The van der Waals surface area contributed by atoms with E-state index in [0.29, 0.717) is 31.6 Å². The van der Waals surface area contributed by atoms with Crippen LogP contribution < -0.4 is 9.64 Å². The molecule has 9 nitrogen and oxygen atoms in total. The zero-order valence-electron chi connectivity index (χ0n) is 20.7. The first kappa shape index (κ1) is 24.8. The van der Waals surface area contributed by atoms with Gasteiger partial charge in [0.05, 0.1) is 11.9 Å². The number of pyridine rings is 2. The molecule has 9 heteroatoms. The fourth-order valence-electron chi connectivity index (χ4n) is 4.56. The van der Waals surface area contributed by atoms with Crippen molar-refractivity contribution in [1.82, 2.24) is 19.8 Å². The Morgan fingerprint density at radius 1 is 1.03 bits per heavy atom. The van der Waals surface area contributed by atoms with E-state index in [4.69, 9.17) is 4.74 Å². The van der Waals surface area contributed by atoms with Crippen LogP contribution in [0.1, 0.15) is 44.5 Å². The fourth-order valence-corrected chi connectivity index (χ4v) is 4.56. The van der Waals surface area contributed by atoms with Gasteiger partial charge in [0.2, 0.25) is 17.7 Å². The molecule has 0 radical (unpaired) electrons. The van der Waals surface area contributed by atoms with E-state index < -0.39 is 6.09 Å². The number of ether oxygens (including phenoxy) is 1. The Balaban J connectivity index is 1.22. The molecular weight excluding hydrogens is 446 g/mol.